The minimum atomic E-state index is -0.346. The zero-order chi connectivity index (χ0) is 17.8. The first kappa shape index (κ1) is 20.1. The van der Waals surface area contributed by atoms with Crippen LogP contribution < -0.4 is 0 Å². The predicted molar refractivity (Wildman–Crippen MR) is 102 cm³/mol. The molecule has 1 aromatic carbocycles. The van der Waals surface area contributed by atoms with Gasteiger partial charge in [-0.05, 0) is 50.7 Å². The van der Waals surface area contributed by atoms with Crippen LogP contribution in [0.25, 0.3) is 0 Å². The highest BCUT2D eigenvalue weighted by atomic mass is 16.5. The van der Waals surface area contributed by atoms with Crippen LogP contribution in [-0.4, -0.2) is 19.3 Å². The number of esters is 1. The van der Waals surface area contributed by atoms with Crippen LogP contribution >= 0.6 is 0 Å². The summed E-state index contributed by atoms with van der Waals surface area (Å²) in [5, 5.41) is 0. The molecule has 0 aliphatic heterocycles. The molecule has 0 aliphatic rings. The summed E-state index contributed by atoms with van der Waals surface area (Å²) >= 11 is 0. The van der Waals surface area contributed by atoms with Gasteiger partial charge in [-0.1, -0.05) is 50.5 Å². The number of carbonyl (C=O) groups excluding carboxylic acids is 1. The molecule has 0 radical (unpaired) electrons. The highest BCUT2D eigenvalue weighted by Gasteiger charge is 2.10. The molecule has 3 nitrogen and oxygen atoms in total. The molecule has 3 heteroatoms. The number of nitrogens with zero attached hydrogens (tertiary/aromatic N) is 1. The van der Waals surface area contributed by atoms with E-state index in [2.05, 4.69) is 31.8 Å². The Labute approximate surface area is 146 Å². The fourth-order valence-corrected chi connectivity index (χ4v) is 2.71. The Bertz CT molecular complexity index is 561. The molecule has 24 heavy (non-hydrogen) atoms. The monoisotopic (exact) mass is 329 g/mol. The van der Waals surface area contributed by atoms with Gasteiger partial charge in [0.05, 0.1) is 18.4 Å². The smallest absolute Gasteiger partial charge is 0.340 e. The second kappa shape index (κ2) is 11.6. The summed E-state index contributed by atoms with van der Waals surface area (Å²) in [6, 6.07) is 7.30. The maximum atomic E-state index is 11.8. The third-order valence-corrected chi connectivity index (χ3v) is 4.34. The number of aliphatic imine (C=N–C) groups is 1. The first-order chi connectivity index (χ1) is 11.6. The molecule has 0 spiro atoms. The van der Waals surface area contributed by atoms with Crippen molar-refractivity contribution in [2.45, 2.75) is 59.3 Å². The van der Waals surface area contributed by atoms with Gasteiger partial charge in [-0.25, -0.2) is 4.79 Å². The molecule has 0 aliphatic carbocycles. The van der Waals surface area contributed by atoms with Crippen LogP contribution in [0.15, 0.2) is 40.9 Å². The maximum Gasteiger partial charge on any atom is 0.340 e. The first-order valence-corrected chi connectivity index (χ1v) is 9.00. The lowest BCUT2D eigenvalue weighted by molar-refractivity contribution is 0.0601. The lowest BCUT2D eigenvalue weighted by atomic mass is 9.93. The summed E-state index contributed by atoms with van der Waals surface area (Å²) in [7, 11) is 1.39. The van der Waals surface area contributed by atoms with Gasteiger partial charge < -0.3 is 4.74 Å². The van der Waals surface area contributed by atoms with Gasteiger partial charge in [0, 0.05) is 6.21 Å². The number of hydrogen-bond acceptors (Lipinski definition) is 3. The highest BCUT2D eigenvalue weighted by molar-refractivity contribution is 5.95. The maximum absolute atomic E-state index is 11.8. The van der Waals surface area contributed by atoms with Crippen LogP contribution in [0.4, 0.5) is 5.69 Å². The summed E-state index contributed by atoms with van der Waals surface area (Å²) in [5.74, 6) is 0.169. The van der Waals surface area contributed by atoms with E-state index in [-0.39, 0.29) is 5.97 Å². The van der Waals surface area contributed by atoms with E-state index >= 15 is 0 Å². The summed E-state index contributed by atoms with van der Waals surface area (Å²) in [4.78, 5) is 16.3. The van der Waals surface area contributed by atoms with E-state index in [0.29, 0.717) is 17.2 Å². The van der Waals surface area contributed by atoms with Crippen molar-refractivity contribution in [2.75, 3.05) is 7.11 Å². The molecule has 1 rings (SSSR count). The predicted octanol–water partition coefficient (Wildman–Crippen LogP) is 6.12. The van der Waals surface area contributed by atoms with Crippen LogP contribution in [0.1, 0.15) is 69.7 Å². The van der Waals surface area contributed by atoms with Crippen molar-refractivity contribution in [3.8, 4) is 0 Å². The van der Waals surface area contributed by atoms with Crippen molar-refractivity contribution in [3.63, 3.8) is 0 Å². The van der Waals surface area contributed by atoms with Gasteiger partial charge in [0.25, 0.3) is 0 Å². The Morgan fingerprint density at radius 2 is 2.00 bits per heavy atom. The number of allylic oxidation sites excluding steroid dienone is 2. The first-order valence-electron chi connectivity index (χ1n) is 9.00. The Morgan fingerprint density at radius 1 is 1.25 bits per heavy atom. The molecule has 0 N–H and O–H groups in total. The molecular weight excluding hydrogens is 298 g/mol. The highest BCUT2D eigenvalue weighted by Crippen LogP contribution is 2.22. The number of benzene rings is 1. The Balaban J connectivity index is 2.69. The van der Waals surface area contributed by atoms with Crippen molar-refractivity contribution in [1.82, 2.24) is 0 Å². The molecule has 1 atom stereocenters. The lowest BCUT2D eigenvalue weighted by Crippen LogP contribution is -2.03. The van der Waals surface area contributed by atoms with E-state index < -0.39 is 0 Å². The van der Waals surface area contributed by atoms with Crippen LogP contribution in [0.3, 0.4) is 0 Å². The largest absolute Gasteiger partial charge is 0.465 e. The van der Waals surface area contributed by atoms with E-state index in [1.54, 1.807) is 6.07 Å². The van der Waals surface area contributed by atoms with Crippen molar-refractivity contribution >= 4 is 17.9 Å². The van der Waals surface area contributed by atoms with Crippen molar-refractivity contribution in [1.29, 1.82) is 0 Å². The van der Waals surface area contributed by atoms with Gasteiger partial charge in [-0.2, -0.15) is 0 Å². The average Bonchev–Trinajstić information content (AvgIpc) is 2.62. The van der Waals surface area contributed by atoms with Crippen molar-refractivity contribution in [2.24, 2.45) is 10.9 Å². The van der Waals surface area contributed by atoms with Gasteiger partial charge >= 0.3 is 5.97 Å². The topological polar surface area (TPSA) is 38.7 Å². The second-order valence-corrected chi connectivity index (χ2v) is 6.11. The minimum absolute atomic E-state index is 0.346. The van der Waals surface area contributed by atoms with Gasteiger partial charge in [0.1, 0.15) is 0 Å². The van der Waals surface area contributed by atoms with E-state index in [1.165, 1.54) is 38.4 Å². The number of ether oxygens (including phenoxy) is 1. The third kappa shape index (κ3) is 6.69. The molecule has 1 unspecified atom stereocenters. The van der Waals surface area contributed by atoms with E-state index in [4.69, 9.17) is 4.74 Å². The normalized spacial score (nSPS) is 13.2. The summed E-state index contributed by atoms with van der Waals surface area (Å²) in [6.07, 6.45) is 11.3. The molecule has 0 bridgehead atoms. The standard InChI is InChI=1S/C21H31NO2/c1-5-7-8-9-12-17(3)18(6-2)15-16-22-20-14-11-10-13-19(20)21(23)24-4/h10-14,16,18H,5-9,15H2,1-4H3/b17-12+,22-16+. The summed E-state index contributed by atoms with van der Waals surface area (Å²) in [5.41, 5.74) is 2.63. The summed E-state index contributed by atoms with van der Waals surface area (Å²) in [6.45, 7) is 6.66. The van der Waals surface area contributed by atoms with E-state index in [1.807, 2.05) is 24.4 Å². The SMILES string of the molecule is CCCCC/C=C(\C)C(CC)C/C=N/c1ccccc1C(=O)OC. The fourth-order valence-electron chi connectivity index (χ4n) is 2.71. The molecular formula is C21H31NO2. The number of hydrogen-bond donors (Lipinski definition) is 0. The molecule has 0 heterocycles. The number of para-hydroxylation sites is 1. The number of rotatable bonds is 10. The molecule has 132 valence electrons. The van der Waals surface area contributed by atoms with Crippen LogP contribution in [-0.2, 0) is 4.74 Å². The van der Waals surface area contributed by atoms with E-state index in [0.717, 1.165) is 12.8 Å². The Hall–Kier alpha value is -1.90. The molecule has 0 saturated carbocycles. The lowest BCUT2D eigenvalue weighted by Gasteiger charge is -2.13. The molecule has 0 aromatic heterocycles. The number of carbonyl (C=O) groups is 1. The van der Waals surface area contributed by atoms with Crippen LogP contribution in [0.5, 0.6) is 0 Å². The van der Waals surface area contributed by atoms with Gasteiger partial charge in [0.15, 0.2) is 0 Å². The van der Waals surface area contributed by atoms with E-state index in [9.17, 15) is 4.79 Å². The minimum Gasteiger partial charge on any atom is -0.465 e. The zero-order valence-electron chi connectivity index (χ0n) is 15.5. The number of methoxy groups -OCH3 is 1. The average molecular weight is 329 g/mol. The van der Waals surface area contributed by atoms with Gasteiger partial charge in [-0.15, -0.1) is 0 Å². The zero-order valence-corrected chi connectivity index (χ0v) is 15.5. The van der Waals surface area contributed by atoms with Crippen LogP contribution in [0, 0.1) is 5.92 Å². The van der Waals surface area contributed by atoms with Gasteiger partial charge in [-0.3, -0.25) is 4.99 Å². The third-order valence-electron chi connectivity index (χ3n) is 4.34. The van der Waals surface area contributed by atoms with Crippen LogP contribution in [0.2, 0.25) is 0 Å². The number of unbranched alkanes of at least 4 members (excludes halogenated alkanes) is 3. The summed E-state index contributed by atoms with van der Waals surface area (Å²) < 4.78 is 4.81. The van der Waals surface area contributed by atoms with Crippen molar-refractivity contribution in [3.05, 3.63) is 41.5 Å². The fraction of sp³-hybridized carbons (Fsp3) is 0.524. The molecule has 0 fully saturated rings. The Morgan fingerprint density at radius 3 is 2.67 bits per heavy atom. The quantitative estimate of drug-likeness (QED) is 0.224. The molecule has 0 amide bonds. The molecule has 0 saturated heterocycles. The molecule has 1 aromatic rings. The van der Waals surface area contributed by atoms with Crippen molar-refractivity contribution < 1.29 is 9.53 Å². The van der Waals surface area contributed by atoms with Gasteiger partial charge in [0.2, 0.25) is 0 Å². The Kier molecular flexibility index (Phi) is 9.74. The second-order valence-electron chi connectivity index (χ2n) is 6.11.